The van der Waals surface area contributed by atoms with Gasteiger partial charge in [-0.1, -0.05) is 134 Å². The number of hydrogen-bond donors (Lipinski definition) is 0. The summed E-state index contributed by atoms with van der Waals surface area (Å²) in [7, 11) is 19.5. The molecule has 0 saturated carbocycles. The van der Waals surface area contributed by atoms with Gasteiger partial charge in [0, 0.05) is 118 Å². The average molecular weight is 832 g/mol. The van der Waals surface area contributed by atoms with Crippen LogP contribution < -0.4 is 0 Å². The van der Waals surface area contributed by atoms with Crippen LogP contribution in [0, 0.1) is 12.1 Å². The van der Waals surface area contributed by atoms with Crippen LogP contribution in [-0.4, -0.2) is 85.3 Å². The molecule has 6 nitrogen and oxygen atoms in total. The molecule has 7 heteroatoms. The van der Waals surface area contributed by atoms with Crippen LogP contribution in [-0.2, 0) is 61.1 Å². The molecule has 0 aliphatic carbocycles. The molecule has 0 N–H and O–H groups in total. The number of methoxy groups -OCH3 is 6. The van der Waals surface area contributed by atoms with Gasteiger partial charge in [0.2, 0.25) is 0 Å². The van der Waals surface area contributed by atoms with E-state index in [-0.39, 0.29) is 40.1 Å². The van der Waals surface area contributed by atoms with Gasteiger partial charge in [-0.3, -0.25) is 0 Å². The predicted octanol–water partition coefficient (Wildman–Crippen LogP) is 12.8. The second kappa shape index (κ2) is 98.1. The molecule has 5 rings (SSSR count). The summed E-state index contributed by atoms with van der Waals surface area (Å²) in [5.74, 6) is 0. The van der Waals surface area contributed by atoms with Gasteiger partial charge in [-0.2, -0.15) is 72.8 Å². The van der Waals surface area contributed by atoms with Crippen molar-refractivity contribution in [3.05, 3.63) is 158 Å². The van der Waals surface area contributed by atoms with Crippen LogP contribution in [0.5, 0.6) is 0 Å². The topological polar surface area (TPSA) is 55.4 Å². The fourth-order valence-electron chi connectivity index (χ4n) is 2.20. The minimum absolute atomic E-state index is 0. The third-order valence-corrected chi connectivity index (χ3v) is 3.54. The third-order valence-electron chi connectivity index (χ3n) is 3.54. The molecule has 5 aromatic rings. The van der Waals surface area contributed by atoms with Crippen molar-refractivity contribution >= 4 is 10.8 Å². The van der Waals surface area contributed by atoms with Crippen LogP contribution in [0.3, 0.4) is 0 Å². The fourth-order valence-corrected chi connectivity index (χ4v) is 2.20. The Bertz CT molecular complexity index is 838. The molecule has 0 bridgehead atoms. The number of hydrogen-bond acceptors (Lipinski definition) is 6. The van der Waals surface area contributed by atoms with Crippen LogP contribution in [0.1, 0.15) is 49.0 Å². The first kappa shape index (κ1) is 76.0. The van der Waals surface area contributed by atoms with Crippen LogP contribution in [0.25, 0.3) is 10.8 Å². The number of rotatable bonds is 0. The fraction of sp³-hybridized carbons (Fsp3) is 0.404. The van der Waals surface area contributed by atoms with Crippen molar-refractivity contribution < 1.29 is 61.1 Å². The van der Waals surface area contributed by atoms with E-state index in [1.54, 1.807) is 85.3 Å². The van der Waals surface area contributed by atoms with Gasteiger partial charge in [-0.25, -0.2) is 0 Å². The molecule has 0 heterocycles. The summed E-state index contributed by atoms with van der Waals surface area (Å²) in [6.07, 6.45) is 0. The van der Waals surface area contributed by atoms with E-state index in [1.165, 1.54) is 10.8 Å². The van der Waals surface area contributed by atoms with Gasteiger partial charge in [0.15, 0.2) is 0 Å². The van der Waals surface area contributed by atoms with Gasteiger partial charge in [-0.05, 0) is 10.8 Å². The summed E-state index contributed by atoms with van der Waals surface area (Å²) < 4.78 is 25.5. The molecule has 311 valence electrons. The molecule has 0 spiro atoms. The maximum atomic E-state index is 4.25. The quantitative estimate of drug-likeness (QED) is 0.145. The standard InChI is InChI=1S/C10H8.C6H6.2C6H5.6C2H6O.3C2H6.CH4.Y/c1-2-6-10-8-4-3-7-9(10)5-1;3*1-2-4-6-5-3-1;6*1-3-2;3*1-2;;/h1-8H;1-6H;2*1-5H;6*1-2H3;3*1-2H3;1H4;/q;;2*-1;;;;;;;;;;;. The molecule has 0 amide bonds. The zero-order valence-corrected chi connectivity index (χ0v) is 39.7. The van der Waals surface area contributed by atoms with Crippen molar-refractivity contribution in [3.63, 3.8) is 0 Å². The van der Waals surface area contributed by atoms with E-state index in [0.717, 1.165) is 0 Å². The van der Waals surface area contributed by atoms with Crippen molar-refractivity contribution in [2.75, 3.05) is 85.3 Å². The van der Waals surface area contributed by atoms with Crippen molar-refractivity contribution in [1.29, 1.82) is 0 Å². The van der Waals surface area contributed by atoms with Gasteiger partial charge < -0.3 is 28.4 Å². The Morgan fingerprint density at radius 2 is 0.407 bits per heavy atom. The van der Waals surface area contributed by atoms with Crippen LogP contribution >= 0.6 is 0 Å². The maximum Gasteiger partial charge on any atom is 0.0351 e. The smallest absolute Gasteiger partial charge is 0.0351 e. The third kappa shape index (κ3) is 104. The van der Waals surface area contributed by atoms with Crippen molar-refractivity contribution in [3.8, 4) is 0 Å². The van der Waals surface area contributed by atoms with E-state index in [4.69, 9.17) is 0 Å². The Morgan fingerprint density at radius 3 is 0.500 bits per heavy atom. The van der Waals surface area contributed by atoms with E-state index >= 15 is 0 Å². The maximum absolute atomic E-state index is 4.25. The van der Waals surface area contributed by atoms with Gasteiger partial charge in [0.05, 0.1) is 0 Å². The number of ether oxygens (including phenoxy) is 6. The summed E-state index contributed by atoms with van der Waals surface area (Å²) in [6, 6.07) is 53.7. The second-order valence-electron chi connectivity index (χ2n) is 8.11. The molecule has 54 heavy (non-hydrogen) atoms. The SMILES string of the molecule is C.CC.CC.CC.COC.COC.COC.COC.COC.COC.[Y].[c-]1ccccc1.[c-]1ccccc1.c1ccc2ccccc2c1.c1ccccc1. The first-order valence-electron chi connectivity index (χ1n) is 17.1. The second-order valence-corrected chi connectivity index (χ2v) is 8.11. The van der Waals surface area contributed by atoms with Gasteiger partial charge in [0.25, 0.3) is 0 Å². The minimum Gasteiger partial charge on any atom is -0.388 e. The Hall–Kier alpha value is -2.78. The molecular formula is C47H82O6Y-2. The number of fused-ring (bicyclic) bond motifs is 1. The molecule has 0 saturated heterocycles. The Morgan fingerprint density at radius 1 is 0.278 bits per heavy atom. The van der Waals surface area contributed by atoms with Crippen LogP contribution in [0.4, 0.5) is 0 Å². The first-order chi connectivity index (χ1) is 25.5. The Balaban J connectivity index is -0.0000000505. The monoisotopic (exact) mass is 832 g/mol. The summed E-state index contributed by atoms with van der Waals surface area (Å²) in [6.45, 7) is 12.0. The van der Waals surface area contributed by atoms with Crippen LogP contribution in [0.15, 0.2) is 146 Å². The molecule has 0 aliphatic rings. The average Bonchev–Trinajstić information content (AvgIpc) is 3.22. The van der Waals surface area contributed by atoms with Gasteiger partial charge in [0.1, 0.15) is 0 Å². The molecule has 0 fully saturated rings. The summed E-state index contributed by atoms with van der Waals surface area (Å²) in [5.41, 5.74) is 0. The van der Waals surface area contributed by atoms with E-state index < -0.39 is 0 Å². The molecule has 0 atom stereocenters. The van der Waals surface area contributed by atoms with Gasteiger partial charge >= 0.3 is 0 Å². The van der Waals surface area contributed by atoms with E-state index in [2.05, 4.69) is 89.1 Å². The largest absolute Gasteiger partial charge is 0.388 e. The van der Waals surface area contributed by atoms with Crippen molar-refractivity contribution in [1.82, 2.24) is 0 Å². The van der Waals surface area contributed by atoms with Gasteiger partial charge in [-0.15, -0.1) is 0 Å². The molecule has 5 aromatic carbocycles. The first-order valence-corrected chi connectivity index (χ1v) is 17.1. The molecule has 0 aliphatic heterocycles. The molecule has 0 unspecified atom stereocenters. The Kier molecular flexibility index (Phi) is 138. The molecular weight excluding hydrogens is 749 g/mol. The summed E-state index contributed by atoms with van der Waals surface area (Å²) in [4.78, 5) is 0. The van der Waals surface area contributed by atoms with Crippen molar-refractivity contribution in [2.45, 2.75) is 49.0 Å². The predicted molar refractivity (Wildman–Crippen MR) is 239 cm³/mol. The zero-order valence-electron chi connectivity index (χ0n) is 36.9. The van der Waals surface area contributed by atoms with Crippen LogP contribution in [0.2, 0.25) is 0 Å². The van der Waals surface area contributed by atoms with Crippen molar-refractivity contribution in [2.24, 2.45) is 0 Å². The summed E-state index contributed by atoms with van der Waals surface area (Å²) >= 11 is 0. The molecule has 1 radical (unpaired) electrons. The summed E-state index contributed by atoms with van der Waals surface area (Å²) in [5, 5.41) is 2.62. The Labute approximate surface area is 361 Å². The van der Waals surface area contributed by atoms with E-state index in [0.29, 0.717) is 0 Å². The minimum atomic E-state index is 0. The zero-order chi connectivity index (χ0) is 41.8. The molecule has 0 aromatic heterocycles. The van der Waals surface area contributed by atoms with E-state index in [9.17, 15) is 0 Å². The van der Waals surface area contributed by atoms with E-state index in [1.807, 2.05) is 139 Å². The normalized spacial score (nSPS) is 6.85. The number of benzene rings is 5.